The van der Waals surface area contributed by atoms with E-state index in [1.54, 1.807) is 7.05 Å². The predicted octanol–water partition coefficient (Wildman–Crippen LogP) is -0.477. The van der Waals surface area contributed by atoms with Crippen molar-refractivity contribution in [2.45, 2.75) is 31.8 Å². The van der Waals surface area contributed by atoms with Crippen molar-refractivity contribution in [2.24, 2.45) is 12.8 Å². The largest absolute Gasteiger partial charge is 0.329 e. The Balaban J connectivity index is 1.97. The van der Waals surface area contributed by atoms with Crippen molar-refractivity contribution in [1.29, 1.82) is 0 Å². The third kappa shape index (κ3) is 2.51. The average Bonchev–Trinajstić information content (AvgIpc) is 2.65. The molecule has 1 fully saturated rings. The first-order chi connectivity index (χ1) is 7.29. The van der Waals surface area contributed by atoms with E-state index in [2.05, 4.69) is 20.3 Å². The van der Waals surface area contributed by atoms with E-state index in [4.69, 9.17) is 5.73 Å². The predicted molar refractivity (Wildman–Crippen MR) is 55.9 cm³/mol. The molecular weight excluding hydrogens is 192 g/mol. The maximum Gasteiger partial charge on any atom is 0.188 e. The van der Waals surface area contributed by atoms with E-state index in [1.807, 2.05) is 0 Å². The number of hydrogen-bond acceptors (Lipinski definition) is 5. The molecule has 1 aliphatic rings. The lowest BCUT2D eigenvalue weighted by Crippen LogP contribution is -2.43. The molecule has 0 radical (unpaired) electrons. The van der Waals surface area contributed by atoms with Gasteiger partial charge < -0.3 is 5.73 Å². The van der Waals surface area contributed by atoms with Crippen LogP contribution in [-0.2, 0) is 13.6 Å². The lowest BCUT2D eigenvalue weighted by Gasteiger charge is -2.33. The molecule has 1 aromatic heterocycles. The molecule has 1 saturated heterocycles. The molecule has 0 aromatic carbocycles. The summed E-state index contributed by atoms with van der Waals surface area (Å²) in [5, 5.41) is 12.0. The van der Waals surface area contributed by atoms with Crippen molar-refractivity contribution in [3.8, 4) is 0 Å². The van der Waals surface area contributed by atoms with Crippen molar-refractivity contribution in [3.63, 3.8) is 0 Å². The molecule has 0 spiro atoms. The van der Waals surface area contributed by atoms with Gasteiger partial charge in [-0.2, -0.15) is 4.80 Å². The monoisotopic (exact) mass is 210 g/mol. The average molecular weight is 210 g/mol. The minimum Gasteiger partial charge on any atom is -0.329 e. The molecule has 84 valence electrons. The maximum atomic E-state index is 5.75. The quantitative estimate of drug-likeness (QED) is 0.729. The standard InChI is InChI=1S/C9H18N6/c1-14-12-9(11-13-14)7-15-5-3-2-4-8(15)6-10/h8H,2-7,10H2,1H3. The Labute approximate surface area is 89.4 Å². The summed E-state index contributed by atoms with van der Waals surface area (Å²) >= 11 is 0. The van der Waals surface area contributed by atoms with E-state index in [9.17, 15) is 0 Å². The Morgan fingerprint density at radius 1 is 1.47 bits per heavy atom. The number of piperidine rings is 1. The van der Waals surface area contributed by atoms with E-state index in [1.165, 1.54) is 24.1 Å². The second kappa shape index (κ2) is 4.67. The Morgan fingerprint density at radius 3 is 3.00 bits per heavy atom. The molecule has 2 heterocycles. The maximum absolute atomic E-state index is 5.75. The van der Waals surface area contributed by atoms with E-state index in [0.29, 0.717) is 6.04 Å². The summed E-state index contributed by atoms with van der Waals surface area (Å²) in [5.41, 5.74) is 5.75. The molecule has 6 heteroatoms. The van der Waals surface area contributed by atoms with Crippen molar-refractivity contribution < 1.29 is 0 Å². The highest BCUT2D eigenvalue weighted by atomic mass is 15.6. The number of tetrazole rings is 1. The van der Waals surface area contributed by atoms with E-state index >= 15 is 0 Å². The lowest BCUT2D eigenvalue weighted by atomic mass is 10.0. The first-order valence-electron chi connectivity index (χ1n) is 5.46. The summed E-state index contributed by atoms with van der Waals surface area (Å²) in [4.78, 5) is 3.86. The Hall–Kier alpha value is -1.01. The van der Waals surface area contributed by atoms with Gasteiger partial charge in [-0.1, -0.05) is 6.42 Å². The molecule has 0 bridgehead atoms. The topological polar surface area (TPSA) is 72.9 Å². The van der Waals surface area contributed by atoms with Gasteiger partial charge in [0, 0.05) is 12.6 Å². The highest BCUT2D eigenvalue weighted by molar-refractivity contribution is 4.83. The third-order valence-electron chi connectivity index (χ3n) is 2.92. The van der Waals surface area contributed by atoms with Crippen LogP contribution in [0.4, 0.5) is 0 Å². The van der Waals surface area contributed by atoms with Crippen LogP contribution in [0.15, 0.2) is 0 Å². The number of likely N-dealkylation sites (tertiary alicyclic amines) is 1. The van der Waals surface area contributed by atoms with Gasteiger partial charge in [0.15, 0.2) is 5.82 Å². The van der Waals surface area contributed by atoms with E-state index in [-0.39, 0.29) is 0 Å². The first-order valence-corrected chi connectivity index (χ1v) is 5.46. The van der Waals surface area contributed by atoms with Crippen LogP contribution in [0.5, 0.6) is 0 Å². The second-order valence-electron chi connectivity index (χ2n) is 4.05. The lowest BCUT2D eigenvalue weighted by molar-refractivity contribution is 0.141. The molecule has 0 aliphatic carbocycles. The van der Waals surface area contributed by atoms with Gasteiger partial charge in [-0.3, -0.25) is 4.90 Å². The zero-order chi connectivity index (χ0) is 10.7. The van der Waals surface area contributed by atoms with Crippen molar-refractivity contribution in [3.05, 3.63) is 5.82 Å². The number of aryl methyl sites for hydroxylation is 1. The van der Waals surface area contributed by atoms with Crippen LogP contribution in [0.3, 0.4) is 0 Å². The second-order valence-corrected chi connectivity index (χ2v) is 4.05. The molecule has 6 nitrogen and oxygen atoms in total. The molecule has 2 N–H and O–H groups in total. The van der Waals surface area contributed by atoms with Crippen molar-refractivity contribution >= 4 is 0 Å². The zero-order valence-electron chi connectivity index (χ0n) is 9.13. The van der Waals surface area contributed by atoms with E-state index in [0.717, 1.165) is 25.5 Å². The van der Waals surface area contributed by atoms with Crippen LogP contribution in [0.2, 0.25) is 0 Å². The van der Waals surface area contributed by atoms with Gasteiger partial charge in [0.25, 0.3) is 0 Å². The van der Waals surface area contributed by atoms with E-state index < -0.39 is 0 Å². The first kappa shape index (κ1) is 10.5. The Kier molecular flexibility index (Phi) is 3.27. The van der Waals surface area contributed by atoms with Gasteiger partial charge in [0.2, 0.25) is 0 Å². The highest BCUT2D eigenvalue weighted by Crippen LogP contribution is 2.17. The molecule has 2 rings (SSSR count). The fourth-order valence-electron chi connectivity index (χ4n) is 2.10. The summed E-state index contributed by atoms with van der Waals surface area (Å²) in [5.74, 6) is 0.790. The fourth-order valence-corrected chi connectivity index (χ4v) is 2.10. The minimum atomic E-state index is 0.488. The summed E-state index contributed by atoms with van der Waals surface area (Å²) in [6, 6.07) is 0.488. The summed E-state index contributed by atoms with van der Waals surface area (Å²) in [6.45, 7) is 2.59. The molecule has 0 saturated carbocycles. The SMILES string of the molecule is Cn1nnc(CN2CCCCC2CN)n1. The smallest absolute Gasteiger partial charge is 0.188 e. The highest BCUT2D eigenvalue weighted by Gasteiger charge is 2.22. The molecule has 1 unspecified atom stereocenters. The van der Waals surface area contributed by atoms with Gasteiger partial charge >= 0.3 is 0 Å². The Morgan fingerprint density at radius 2 is 2.33 bits per heavy atom. The van der Waals surface area contributed by atoms with Crippen molar-refractivity contribution in [1.82, 2.24) is 25.1 Å². The number of nitrogens with two attached hydrogens (primary N) is 1. The van der Waals surface area contributed by atoms with Gasteiger partial charge in [-0.05, 0) is 24.6 Å². The number of aromatic nitrogens is 4. The molecule has 1 atom stereocenters. The molecule has 0 amide bonds. The number of nitrogens with zero attached hydrogens (tertiary/aromatic N) is 5. The molecule has 15 heavy (non-hydrogen) atoms. The van der Waals surface area contributed by atoms with Crippen LogP contribution < -0.4 is 5.73 Å². The molecule has 1 aliphatic heterocycles. The Bertz CT molecular complexity index is 309. The van der Waals surface area contributed by atoms with Gasteiger partial charge in [0.05, 0.1) is 13.6 Å². The summed E-state index contributed by atoms with van der Waals surface area (Å²) in [7, 11) is 1.78. The fraction of sp³-hybridized carbons (Fsp3) is 0.889. The minimum absolute atomic E-state index is 0.488. The summed E-state index contributed by atoms with van der Waals surface area (Å²) < 4.78 is 0. The normalized spacial score (nSPS) is 23.2. The number of rotatable bonds is 3. The van der Waals surface area contributed by atoms with Crippen molar-refractivity contribution in [2.75, 3.05) is 13.1 Å². The zero-order valence-corrected chi connectivity index (χ0v) is 9.13. The summed E-state index contributed by atoms with van der Waals surface area (Å²) in [6.07, 6.45) is 3.72. The van der Waals surface area contributed by atoms with Gasteiger partial charge in [-0.15, -0.1) is 10.2 Å². The van der Waals surface area contributed by atoms with Crippen LogP contribution >= 0.6 is 0 Å². The van der Waals surface area contributed by atoms with Crippen LogP contribution in [-0.4, -0.2) is 44.2 Å². The van der Waals surface area contributed by atoms with Crippen LogP contribution in [0.1, 0.15) is 25.1 Å². The molecular formula is C9H18N6. The molecule has 1 aromatic rings. The van der Waals surface area contributed by atoms with Crippen LogP contribution in [0.25, 0.3) is 0 Å². The third-order valence-corrected chi connectivity index (χ3v) is 2.92. The van der Waals surface area contributed by atoms with Crippen LogP contribution in [0, 0.1) is 0 Å². The number of hydrogen-bond donors (Lipinski definition) is 1. The van der Waals surface area contributed by atoms with Gasteiger partial charge in [0.1, 0.15) is 0 Å². The van der Waals surface area contributed by atoms with Gasteiger partial charge in [-0.25, -0.2) is 0 Å².